The Morgan fingerprint density at radius 3 is 2.33 bits per heavy atom. The fraction of sp³-hybridized carbons (Fsp3) is 0.417. The van der Waals surface area contributed by atoms with Gasteiger partial charge in [0, 0.05) is 18.8 Å². The molecule has 0 spiro atoms. The van der Waals surface area contributed by atoms with Crippen LogP contribution in [-0.2, 0) is 30.8 Å². The number of esters is 1. The van der Waals surface area contributed by atoms with Gasteiger partial charge >= 0.3 is 5.97 Å². The smallest absolute Gasteiger partial charge is 0.309 e. The molecule has 1 saturated heterocycles. The number of nitrogens with zero attached hydrogens (tertiary/aromatic N) is 1. The summed E-state index contributed by atoms with van der Waals surface area (Å²) in [6.45, 7) is 4.41. The van der Waals surface area contributed by atoms with Crippen molar-refractivity contribution in [2.24, 2.45) is 5.92 Å². The van der Waals surface area contributed by atoms with Gasteiger partial charge in [0.25, 0.3) is 5.91 Å². The molecule has 1 aliphatic heterocycles. The van der Waals surface area contributed by atoms with Gasteiger partial charge in [0.1, 0.15) is 5.75 Å². The zero-order chi connectivity index (χ0) is 23.8. The molecule has 2 aromatic carbocycles. The van der Waals surface area contributed by atoms with Gasteiger partial charge in [-0.05, 0) is 62.1 Å². The molecule has 0 unspecified atom stereocenters. The minimum absolute atomic E-state index is 0.191. The zero-order valence-electron chi connectivity index (χ0n) is 19.0. The first-order valence-corrected chi connectivity index (χ1v) is 12.6. The highest BCUT2D eigenvalue weighted by Gasteiger charge is 2.33. The van der Waals surface area contributed by atoms with E-state index in [4.69, 9.17) is 9.47 Å². The Hall–Kier alpha value is -2.91. The maximum Gasteiger partial charge on any atom is 0.309 e. The average Bonchev–Trinajstić information content (AvgIpc) is 2.83. The molecule has 0 aromatic heterocycles. The van der Waals surface area contributed by atoms with Gasteiger partial charge in [-0.25, -0.2) is 8.42 Å². The van der Waals surface area contributed by atoms with Gasteiger partial charge in [-0.2, -0.15) is 4.31 Å². The van der Waals surface area contributed by atoms with Gasteiger partial charge in [0.05, 0.1) is 17.4 Å². The van der Waals surface area contributed by atoms with Crippen LogP contribution in [0.5, 0.6) is 5.75 Å². The lowest BCUT2D eigenvalue weighted by molar-refractivity contribution is -0.152. The van der Waals surface area contributed by atoms with E-state index >= 15 is 0 Å². The highest BCUT2D eigenvalue weighted by molar-refractivity contribution is 7.89. The topological polar surface area (TPSA) is 102 Å². The van der Waals surface area contributed by atoms with Crippen LogP contribution in [0.25, 0.3) is 0 Å². The molecule has 0 saturated carbocycles. The summed E-state index contributed by atoms with van der Waals surface area (Å²) >= 11 is 0. The summed E-state index contributed by atoms with van der Waals surface area (Å²) in [5, 5.41) is 2.76. The molecule has 3 rings (SSSR count). The molecule has 33 heavy (non-hydrogen) atoms. The van der Waals surface area contributed by atoms with E-state index in [0.717, 1.165) is 12.0 Å². The van der Waals surface area contributed by atoms with Crippen molar-refractivity contribution < 1.29 is 27.5 Å². The van der Waals surface area contributed by atoms with E-state index in [2.05, 4.69) is 5.32 Å². The van der Waals surface area contributed by atoms with Gasteiger partial charge in [0.2, 0.25) is 10.0 Å². The molecular formula is C24H30N2O6S. The van der Waals surface area contributed by atoms with Crippen LogP contribution in [0.2, 0.25) is 0 Å². The van der Waals surface area contributed by atoms with Gasteiger partial charge in [-0.15, -0.1) is 0 Å². The van der Waals surface area contributed by atoms with Crippen LogP contribution in [0.15, 0.2) is 53.4 Å². The van der Waals surface area contributed by atoms with Crippen LogP contribution < -0.4 is 10.1 Å². The number of rotatable bonds is 9. The second-order valence-corrected chi connectivity index (χ2v) is 9.69. The molecule has 0 aliphatic carbocycles. The first kappa shape index (κ1) is 24.7. The van der Waals surface area contributed by atoms with Crippen LogP contribution in [0.3, 0.4) is 0 Å². The first-order valence-electron chi connectivity index (χ1n) is 11.1. The molecule has 0 atom stereocenters. The van der Waals surface area contributed by atoms with Gasteiger partial charge in [0.15, 0.2) is 6.61 Å². The van der Waals surface area contributed by atoms with Crippen LogP contribution in [0.1, 0.15) is 32.3 Å². The number of nitrogens with one attached hydrogen (secondary N) is 1. The molecule has 2 aromatic rings. The molecule has 0 bridgehead atoms. The molecule has 1 heterocycles. The lowest BCUT2D eigenvalue weighted by Crippen LogP contribution is -2.40. The molecular weight excluding hydrogens is 444 g/mol. The number of aryl methyl sites for hydroxylation is 1. The average molecular weight is 475 g/mol. The van der Waals surface area contributed by atoms with Gasteiger partial charge in [-0.1, -0.05) is 25.1 Å². The number of benzene rings is 2. The van der Waals surface area contributed by atoms with Crippen molar-refractivity contribution in [1.29, 1.82) is 0 Å². The molecule has 1 aliphatic rings. The van der Waals surface area contributed by atoms with Crippen molar-refractivity contribution in [2.45, 2.75) is 38.0 Å². The van der Waals surface area contributed by atoms with Crippen molar-refractivity contribution in [3.63, 3.8) is 0 Å². The Balaban J connectivity index is 1.48. The lowest BCUT2D eigenvalue weighted by Gasteiger charge is -2.30. The van der Waals surface area contributed by atoms with E-state index in [9.17, 15) is 18.0 Å². The summed E-state index contributed by atoms with van der Waals surface area (Å²) in [6.07, 6.45) is 1.46. The number of para-hydroxylation sites is 1. The van der Waals surface area contributed by atoms with E-state index in [1.165, 1.54) is 16.4 Å². The number of anilines is 1. The predicted octanol–water partition coefficient (Wildman–Crippen LogP) is 3.23. The second-order valence-electron chi connectivity index (χ2n) is 7.75. The Morgan fingerprint density at radius 1 is 1.03 bits per heavy atom. The van der Waals surface area contributed by atoms with E-state index in [-0.39, 0.29) is 24.6 Å². The summed E-state index contributed by atoms with van der Waals surface area (Å²) in [4.78, 5) is 24.8. The van der Waals surface area contributed by atoms with Crippen molar-refractivity contribution in [3.8, 4) is 5.75 Å². The molecule has 0 radical (unpaired) electrons. The summed E-state index contributed by atoms with van der Waals surface area (Å²) in [7, 11) is -3.65. The van der Waals surface area contributed by atoms with Gasteiger partial charge in [-0.3, -0.25) is 9.59 Å². The molecule has 1 N–H and O–H groups in total. The van der Waals surface area contributed by atoms with E-state index in [1.54, 1.807) is 18.2 Å². The number of amides is 1. The zero-order valence-corrected chi connectivity index (χ0v) is 19.8. The fourth-order valence-electron chi connectivity index (χ4n) is 3.75. The monoisotopic (exact) mass is 474 g/mol. The number of carbonyl (C=O) groups excluding carboxylic acids is 2. The highest BCUT2D eigenvalue weighted by Crippen LogP contribution is 2.26. The van der Waals surface area contributed by atoms with Crippen LogP contribution in [0.4, 0.5) is 5.69 Å². The van der Waals surface area contributed by atoms with Crippen molar-refractivity contribution in [2.75, 3.05) is 31.6 Å². The molecule has 178 valence electrons. The minimum atomic E-state index is -3.65. The second kappa shape index (κ2) is 11.3. The van der Waals surface area contributed by atoms with Crippen molar-refractivity contribution >= 4 is 27.6 Å². The van der Waals surface area contributed by atoms with E-state index in [0.29, 0.717) is 30.9 Å². The predicted molar refractivity (Wildman–Crippen MR) is 125 cm³/mol. The largest absolute Gasteiger partial charge is 0.494 e. The van der Waals surface area contributed by atoms with E-state index in [1.807, 2.05) is 32.0 Å². The third kappa shape index (κ3) is 6.33. The number of piperidine rings is 1. The Labute approximate surface area is 194 Å². The molecule has 8 nitrogen and oxygen atoms in total. The lowest BCUT2D eigenvalue weighted by atomic mass is 9.98. The van der Waals surface area contributed by atoms with Crippen LogP contribution in [-0.4, -0.2) is 50.9 Å². The number of carbonyl (C=O) groups is 2. The van der Waals surface area contributed by atoms with Crippen molar-refractivity contribution in [3.05, 3.63) is 54.1 Å². The minimum Gasteiger partial charge on any atom is -0.494 e. The number of hydrogen-bond acceptors (Lipinski definition) is 6. The maximum absolute atomic E-state index is 12.9. The molecule has 1 amide bonds. The number of sulfonamides is 1. The standard InChI is InChI=1S/C24H30N2O6S/c1-3-18-7-5-6-8-22(18)25-23(27)17-32-24(28)19-13-15-26(16-14-19)33(29,30)21-11-9-20(10-12-21)31-4-2/h5-12,19H,3-4,13-17H2,1-2H3,(H,25,27). The Bertz CT molecular complexity index is 1060. The van der Waals surface area contributed by atoms with Crippen LogP contribution in [0, 0.1) is 5.92 Å². The van der Waals surface area contributed by atoms with E-state index < -0.39 is 27.8 Å². The summed E-state index contributed by atoms with van der Waals surface area (Å²) in [5.74, 6) is -0.709. The summed E-state index contributed by atoms with van der Waals surface area (Å²) < 4.78 is 37.7. The third-order valence-electron chi connectivity index (χ3n) is 5.58. The summed E-state index contributed by atoms with van der Waals surface area (Å²) in [6, 6.07) is 13.8. The maximum atomic E-state index is 12.9. The first-order chi connectivity index (χ1) is 15.8. The number of ether oxygens (including phenoxy) is 2. The van der Waals surface area contributed by atoms with Gasteiger partial charge < -0.3 is 14.8 Å². The summed E-state index contributed by atoms with van der Waals surface area (Å²) in [5.41, 5.74) is 1.70. The normalized spacial score (nSPS) is 15.1. The Kier molecular flexibility index (Phi) is 8.46. The molecule has 9 heteroatoms. The number of hydrogen-bond donors (Lipinski definition) is 1. The quantitative estimate of drug-likeness (QED) is 0.560. The third-order valence-corrected chi connectivity index (χ3v) is 7.49. The van der Waals surface area contributed by atoms with Crippen molar-refractivity contribution in [1.82, 2.24) is 4.31 Å². The fourth-order valence-corrected chi connectivity index (χ4v) is 5.22. The highest BCUT2D eigenvalue weighted by atomic mass is 32.2. The molecule has 1 fully saturated rings. The van der Waals surface area contributed by atoms with Crippen LogP contribution >= 0.6 is 0 Å². The SMILES string of the molecule is CCOc1ccc(S(=O)(=O)N2CCC(C(=O)OCC(=O)Nc3ccccc3CC)CC2)cc1. The Morgan fingerprint density at radius 2 is 1.70 bits per heavy atom.